The van der Waals surface area contributed by atoms with E-state index >= 15 is 0 Å². The van der Waals surface area contributed by atoms with Crippen LogP contribution in [0.1, 0.15) is 11.1 Å². The average molecular weight is 335 g/mol. The van der Waals surface area contributed by atoms with Gasteiger partial charge in [-0.1, -0.05) is 30.3 Å². The summed E-state index contributed by atoms with van der Waals surface area (Å²) in [6, 6.07) is 14.3. The number of benzene rings is 2. The third kappa shape index (κ3) is 3.92. The fourth-order valence-electron chi connectivity index (χ4n) is 2.68. The highest BCUT2D eigenvalue weighted by Gasteiger charge is 2.09. The summed E-state index contributed by atoms with van der Waals surface area (Å²) in [6.45, 7) is 0.488. The van der Waals surface area contributed by atoms with E-state index in [1.54, 1.807) is 18.2 Å². The van der Waals surface area contributed by atoms with E-state index in [2.05, 4.69) is 10.3 Å². The van der Waals surface area contributed by atoms with Crippen LogP contribution in [-0.2, 0) is 11.2 Å². The first-order valence-electron chi connectivity index (χ1n) is 7.89. The fourth-order valence-corrected chi connectivity index (χ4v) is 2.68. The summed E-state index contributed by atoms with van der Waals surface area (Å²) in [4.78, 5) is 25.6. The molecule has 3 rings (SSSR count). The van der Waals surface area contributed by atoms with Crippen LogP contribution in [0, 0.1) is 10.1 Å². The highest BCUT2D eigenvalue weighted by Crippen LogP contribution is 2.19. The molecule has 2 N–H and O–H groups in total. The molecule has 0 aliphatic carbocycles. The first-order chi connectivity index (χ1) is 12.1. The minimum Gasteiger partial charge on any atom is -0.361 e. The maximum absolute atomic E-state index is 11.9. The molecule has 1 amide bonds. The Labute approximate surface area is 144 Å². The Morgan fingerprint density at radius 3 is 2.76 bits per heavy atom. The number of rotatable bonds is 6. The van der Waals surface area contributed by atoms with Crippen LogP contribution in [0.5, 0.6) is 0 Å². The van der Waals surface area contributed by atoms with Crippen molar-refractivity contribution in [2.45, 2.75) is 6.42 Å². The van der Waals surface area contributed by atoms with Crippen molar-refractivity contribution in [3.05, 3.63) is 82.0 Å². The third-order valence-corrected chi connectivity index (χ3v) is 3.92. The molecule has 0 atom stereocenters. The van der Waals surface area contributed by atoms with Crippen LogP contribution in [-0.4, -0.2) is 22.4 Å². The predicted molar refractivity (Wildman–Crippen MR) is 97.1 cm³/mol. The smallest absolute Gasteiger partial charge is 0.276 e. The topological polar surface area (TPSA) is 88.0 Å². The molecule has 0 aliphatic heterocycles. The van der Waals surface area contributed by atoms with Gasteiger partial charge in [-0.15, -0.1) is 0 Å². The number of hydrogen-bond donors (Lipinski definition) is 2. The van der Waals surface area contributed by atoms with Crippen molar-refractivity contribution >= 4 is 28.6 Å². The van der Waals surface area contributed by atoms with Crippen LogP contribution in [0.3, 0.4) is 0 Å². The molecule has 2 aromatic carbocycles. The maximum atomic E-state index is 11.9. The van der Waals surface area contributed by atoms with Crippen molar-refractivity contribution < 1.29 is 9.72 Å². The van der Waals surface area contributed by atoms with E-state index < -0.39 is 4.92 Å². The van der Waals surface area contributed by atoms with Crippen LogP contribution >= 0.6 is 0 Å². The van der Waals surface area contributed by atoms with Gasteiger partial charge in [0.05, 0.1) is 10.5 Å². The monoisotopic (exact) mass is 335 g/mol. The van der Waals surface area contributed by atoms with Gasteiger partial charge in [0, 0.05) is 35.8 Å². The van der Waals surface area contributed by atoms with Crippen LogP contribution in [0.2, 0.25) is 0 Å². The molecule has 0 saturated carbocycles. The molecule has 1 aromatic heterocycles. The second-order valence-corrected chi connectivity index (χ2v) is 5.55. The molecule has 0 spiro atoms. The van der Waals surface area contributed by atoms with Crippen molar-refractivity contribution in [3.63, 3.8) is 0 Å². The molecule has 3 aromatic rings. The van der Waals surface area contributed by atoms with E-state index in [1.807, 2.05) is 30.5 Å². The zero-order chi connectivity index (χ0) is 17.6. The van der Waals surface area contributed by atoms with E-state index in [0.29, 0.717) is 18.5 Å². The number of carbonyl (C=O) groups is 1. The van der Waals surface area contributed by atoms with Crippen LogP contribution in [0.25, 0.3) is 17.0 Å². The number of carbonyl (C=O) groups excluding carboxylic acids is 1. The second-order valence-electron chi connectivity index (χ2n) is 5.55. The number of aromatic amines is 1. The van der Waals surface area contributed by atoms with Crippen LogP contribution in [0.4, 0.5) is 5.69 Å². The molecule has 0 unspecified atom stereocenters. The predicted octanol–water partition coefficient (Wildman–Crippen LogP) is 3.45. The van der Waals surface area contributed by atoms with E-state index in [9.17, 15) is 14.9 Å². The molecule has 6 heteroatoms. The minimum absolute atomic E-state index is 0.0228. The van der Waals surface area contributed by atoms with Gasteiger partial charge in [-0.25, -0.2) is 0 Å². The summed E-state index contributed by atoms with van der Waals surface area (Å²) in [5.74, 6) is -0.280. The lowest BCUT2D eigenvalue weighted by Gasteiger charge is -2.02. The third-order valence-electron chi connectivity index (χ3n) is 3.92. The van der Waals surface area contributed by atoms with Gasteiger partial charge >= 0.3 is 0 Å². The molecule has 0 bridgehead atoms. The summed E-state index contributed by atoms with van der Waals surface area (Å²) in [5.41, 5.74) is 2.59. The summed E-state index contributed by atoms with van der Waals surface area (Å²) in [5, 5.41) is 14.9. The lowest BCUT2D eigenvalue weighted by molar-refractivity contribution is -0.385. The fraction of sp³-hybridized carbons (Fsp3) is 0.105. The number of fused-ring (bicyclic) bond motifs is 1. The first kappa shape index (κ1) is 16.4. The highest BCUT2D eigenvalue weighted by molar-refractivity contribution is 5.92. The van der Waals surface area contributed by atoms with Crippen molar-refractivity contribution in [1.82, 2.24) is 10.3 Å². The number of nitrogens with one attached hydrogen (secondary N) is 2. The normalized spacial score (nSPS) is 11.0. The Hall–Kier alpha value is -3.41. The van der Waals surface area contributed by atoms with Crippen molar-refractivity contribution in [1.29, 1.82) is 0 Å². The van der Waals surface area contributed by atoms with E-state index in [4.69, 9.17) is 0 Å². The number of H-pyrrole nitrogens is 1. The molecule has 0 fully saturated rings. The van der Waals surface area contributed by atoms with E-state index in [-0.39, 0.29) is 11.6 Å². The van der Waals surface area contributed by atoms with Gasteiger partial charge in [0.1, 0.15) is 0 Å². The molecule has 1 heterocycles. The first-order valence-corrected chi connectivity index (χ1v) is 7.89. The molecule has 126 valence electrons. The molecular formula is C19H17N3O3. The lowest BCUT2D eigenvalue weighted by atomic mass is 10.1. The average Bonchev–Trinajstić information content (AvgIpc) is 3.03. The van der Waals surface area contributed by atoms with E-state index in [1.165, 1.54) is 18.2 Å². The Kier molecular flexibility index (Phi) is 4.89. The standard InChI is InChI=1S/C19H17N3O3/c23-19(10-9-14-5-1-4-8-18(14)22(24)25)20-12-11-15-13-21-17-7-3-2-6-16(15)17/h1-10,13,21H,11-12H2,(H,20,23)/b10-9-. The lowest BCUT2D eigenvalue weighted by Crippen LogP contribution is -2.23. The molecular weight excluding hydrogens is 318 g/mol. The zero-order valence-electron chi connectivity index (χ0n) is 13.4. The summed E-state index contributed by atoms with van der Waals surface area (Å²) in [7, 11) is 0. The highest BCUT2D eigenvalue weighted by atomic mass is 16.6. The van der Waals surface area contributed by atoms with Gasteiger partial charge in [-0.05, 0) is 30.2 Å². The SMILES string of the molecule is O=C(/C=C\c1ccccc1[N+](=O)[O-])NCCc1c[nH]c2ccccc12. The Morgan fingerprint density at radius 2 is 1.92 bits per heavy atom. The maximum Gasteiger partial charge on any atom is 0.276 e. The van der Waals surface area contributed by atoms with Crippen molar-refractivity contribution in [3.8, 4) is 0 Å². The number of amides is 1. The Bertz CT molecular complexity index is 944. The molecule has 6 nitrogen and oxygen atoms in total. The summed E-state index contributed by atoms with van der Waals surface area (Å²) >= 11 is 0. The number of nitrogens with zero attached hydrogens (tertiary/aromatic N) is 1. The van der Waals surface area contributed by atoms with Crippen molar-refractivity contribution in [2.75, 3.05) is 6.54 Å². The Morgan fingerprint density at radius 1 is 1.16 bits per heavy atom. The van der Waals surface area contributed by atoms with Gasteiger partial charge in [-0.3, -0.25) is 14.9 Å². The van der Waals surface area contributed by atoms with Gasteiger partial charge in [0.2, 0.25) is 5.91 Å². The number of aromatic nitrogens is 1. The summed E-state index contributed by atoms with van der Waals surface area (Å²) < 4.78 is 0. The number of nitro benzene ring substituents is 1. The quantitative estimate of drug-likeness (QED) is 0.411. The van der Waals surface area contributed by atoms with Gasteiger partial charge in [-0.2, -0.15) is 0 Å². The van der Waals surface area contributed by atoms with Gasteiger partial charge in [0.25, 0.3) is 5.69 Å². The second kappa shape index (κ2) is 7.44. The van der Waals surface area contributed by atoms with Crippen LogP contribution in [0.15, 0.2) is 60.8 Å². The summed E-state index contributed by atoms with van der Waals surface area (Å²) in [6.07, 6.45) is 5.42. The molecule has 0 saturated heterocycles. The Balaban J connectivity index is 1.57. The van der Waals surface area contributed by atoms with E-state index in [0.717, 1.165) is 16.5 Å². The number of para-hydroxylation sites is 2. The van der Waals surface area contributed by atoms with Crippen molar-refractivity contribution in [2.24, 2.45) is 0 Å². The molecule has 0 aliphatic rings. The molecule has 0 radical (unpaired) electrons. The minimum atomic E-state index is -0.464. The number of hydrogen-bond acceptors (Lipinski definition) is 3. The largest absolute Gasteiger partial charge is 0.361 e. The van der Waals surface area contributed by atoms with Gasteiger partial charge in [0.15, 0.2) is 0 Å². The molecule has 25 heavy (non-hydrogen) atoms. The van der Waals surface area contributed by atoms with Gasteiger partial charge < -0.3 is 10.3 Å². The zero-order valence-corrected chi connectivity index (χ0v) is 13.4. The number of nitro groups is 1. The van der Waals surface area contributed by atoms with Crippen LogP contribution < -0.4 is 5.32 Å².